The van der Waals surface area contributed by atoms with Crippen molar-refractivity contribution in [2.24, 2.45) is 5.41 Å². The standard InChI is InChI=1S/C18H26N2O/c1-16-5-4-6-17(13-16)20-11-9-19(10-12-20)14-18(15-21)7-2-3-8-18/h4-6,13,15H,2-3,7-12,14H2,1H3. The topological polar surface area (TPSA) is 23.6 Å². The number of aryl methyl sites for hydroxylation is 1. The van der Waals surface area contributed by atoms with Gasteiger partial charge in [0.1, 0.15) is 6.29 Å². The largest absolute Gasteiger partial charge is 0.369 e. The summed E-state index contributed by atoms with van der Waals surface area (Å²) in [6.07, 6.45) is 5.88. The summed E-state index contributed by atoms with van der Waals surface area (Å²) in [5, 5.41) is 0. The first-order chi connectivity index (χ1) is 10.2. The Morgan fingerprint density at radius 1 is 1.14 bits per heavy atom. The van der Waals surface area contributed by atoms with Crippen LogP contribution < -0.4 is 4.90 Å². The van der Waals surface area contributed by atoms with Crippen molar-refractivity contribution in [2.45, 2.75) is 32.6 Å². The molecule has 2 aliphatic rings. The lowest BCUT2D eigenvalue weighted by atomic mass is 9.87. The molecular weight excluding hydrogens is 260 g/mol. The van der Waals surface area contributed by atoms with Crippen LogP contribution in [0.5, 0.6) is 0 Å². The Kier molecular flexibility index (Phi) is 4.29. The zero-order chi connectivity index (χ0) is 14.7. The van der Waals surface area contributed by atoms with E-state index in [0.717, 1.165) is 45.6 Å². The summed E-state index contributed by atoms with van der Waals surface area (Å²) in [4.78, 5) is 16.4. The Balaban J connectivity index is 1.56. The van der Waals surface area contributed by atoms with Crippen LogP contribution in [0.15, 0.2) is 24.3 Å². The van der Waals surface area contributed by atoms with Gasteiger partial charge >= 0.3 is 0 Å². The third kappa shape index (κ3) is 3.29. The van der Waals surface area contributed by atoms with Crippen molar-refractivity contribution in [2.75, 3.05) is 37.6 Å². The zero-order valence-electron chi connectivity index (χ0n) is 13.1. The third-order valence-corrected chi connectivity index (χ3v) is 5.13. The van der Waals surface area contributed by atoms with Crippen LogP contribution in [-0.2, 0) is 4.79 Å². The molecule has 1 aromatic carbocycles. The summed E-state index contributed by atoms with van der Waals surface area (Å²) >= 11 is 0. The molecule has 2 fully saturated rings. The van der Waals surface area contributed by atoms with E-state index in [0.29, 0.717) is 0 Å². The van der Waals surface area contributed by atoms with Gasteiger partial charge in [0.25, 0.3) is 0 Å². The van der Waals surface area contributed by atoms with Gasteiger partial charge in [-0.15, -0.1) is 0 Å². The van der Waals surface area contributed by atoms with Crippen molar-refractivity contribution in [1.82, 2.24) is 4.90 Å². The molecule has 3 nitrogen and oxygen atoms in total. The molecule has 0 amide bonds. The Labute approximate surface area is 127 Å². The molecule has 0 radical (unpaired) electrons. The maximum absolute atomic E-state index is 11.5. The van der Waals surface area contributed by atoms with E-state index in [2.05, 4.69) is 41.0 Å². The third-order valence-electron chi connectivity index (χ3n) is 5.13. The summed E-state index contributed by atoms with van der Waals surface area (Å²) in [5.41, 5.74) is 2.62. The van der Waals surface area contributed by atoms with E-state index in [1.54, 1.807) is 0 Å². The SMILES string of the molecule is Cc1cccc(N2CCN(CC3(C=O)CCCC3)CC2)c1. The zero-order valence-corrected chi connectivity index (χ0v) is 13.1. The van der Waals surface area contributed by atoms with Gasteiger partial charge in [0.2, 0.25) is 0 Å². The molecule has 0 aromatic heterocycles. The second-order valence-electron chi connectivity index (χ2n) is 6.79. The number of rotatable bonds is 4. The number of carbonyl (C=O) groups excluding carboxylic acids is 1. The van der Waals surface area contributed by atoms with Crippen LogP contribution in [0.3, 0.4) is 0 Å². The average molecular weight is 286 g/mol. The van der Waals surface area contributed by atoms with Gasteiger partial charge in [-0.3, -0.25) is 4.90 Å². The number of piperazine rings is 1. The smallest absolute Gasteiger partial charge is 0.127 e. The van der Waals surface area contributed by atoms with Crippen LogP contribution in [0.2, 0.25) is 0 Å². The molecule has 3 rings (SSSR count). The predicted octanol–water partition coefficient (Wildman–Crippen LogP) is 2.88. The molecule has 1 aliphatic carbocycles. The number of hydrogen-bond donors (Lipinski definition) is 0. The van der Waals surface area contributed by atoms with Gasteiger partial charge in [-0.05, 0) is 37.5 Å². The van der Waals surface area contributed by atoms with Crippen LogP contribution in [0, 0.1) is 12.3 Å². The number of nitrogens with zero attached hydrogens (tertiary/aromatic N) is 2. The number of hydrogen-bond acceptors (Lipinski definition) is 3. The number of benzene rings is 1. The highest BCUT2D eigenvalue weighted by molar-refractivity contribution is 5.60. The summed E-state index contributed by atoms with van der Waals surface area (Å²) in [5.74, 6) is 0. The fourth-order valence-corrected chi connectivity index (χ4v) is 3.83. The van der Waals surface area contributed by atoms with Crippen LogP contribution in [-0.4, -0.2) is 43.9 Å². The first-order valence-electron chi connectivity index (χ1n) is 8.21. The summed E-state index contributed by atoms with van der Waals surface area (Å²) in [7, 11) is 0. The van der Waals surface area contributed by atoms with Crippen molar-refractivity contribution < 1.29 is 4.79 Å². The lowest BCUT2D eigenvalue weighted by Gasteiger charge is -2.39. The minimum Gasteiger partial charge on any atom is -0.369 e. The number of anilines is 1. The quantitative estimate of drug-likeness (QED) is 0.795. The maximum Gasteiger partial charge on any atom is 0.127 e. The molecule has 21 heavy (non-hydrogen) atoms. The molecule has 0 N–H and O–H groups in total. The van der Waals surface area contributed by atoms with Crippen molar-refractivity contribution in [3.05, 3.63) is 29.8 Å². The van der Waals surface area contributed by atoms with E-state index < -0.39 is 0 Å². The molecular formula is C18H26N2O. The highest BCUT2D eigenvalue weighted by atomic mass is 16.1. The molecule has 1 heterocycles. The van der Waals surface area contributed by atoms with Crippen LogP contribution in [0.25, 0.3) is 0 Å². The van der Waals surface area contributed by atoms with E-state index >= 15 is 0 Å². The highest BCUT2D eigenvalue weighted by Crippen LogP contribution is 2.37. The molecule has 1 saturated heterocycles. The minimum absolute atomic E-state index is 0.0362. The van der Waals surface area contributed by atoms with E-state index in [-0.39, 0.29) is 5.41 Å². The molecule has 3 heteroatoms. The van der Waals surface area contributed by atoms with E-state index in [1.165, 1.54) is 30.4 Å². The Morgan fingerprint density at radius 3 is 2.48 bits per heavy atom. The Bertz CT molecular complexity index is 486. The van der Waals surface area contributed by atoms with Crippen LogP contribution >= 0.6 is 0 Å². The monoisotopic (exact) mass is 286 g/mol. The van der Waals surface area contributed by atoms with Crippen molar-refractivity contribution >= 4 is 12.0 Å². The van der Waals surface area contributed by atoms with Crippen LogP contribution in [0.4, 0.5) is 5.69 Å². The summed E-state index contributed by atoms with van der Waals surface area (Å²) < 4.78 is 0. The highest BCUT2D eigenvalue weighted by Gasteiger charge is 2.36. The van der Waals surface area contributed by atoms with Gasteiger partial charge in [0.05, 0.1) is 0 Å². The van der Waals surface area contributed by atoms with Gasteiger partial charge in [0.15, 0.2) is 0 Å². The first-order valence-corrected chi connectivity index (χ1v) is 8.21. The molecule has 0 atom stereocenters. The fourth-order valence-electron chi connectivity index (χ4n) is 3.83. The van der Waals surface area contributed by atoms with Crippen molar-refractivity contribution in [1.29, 1.82) is 0 Å². The lowest BCUT2D eigenvalue weighted by Crippen LogP contribution is -2.50. The molecule has 114 valence electrons. The van der Waals surface area contributed by atoms with Gasteiger partial charge in [-0.1, -0.05) is 25.0 Å². The molecule has 1 saturated carbocycles. The molecule has 1 aromatic rings. The first kappa shape index (κ1) is 14.6. The van der Waals surface area contributed by atoms with E-state index in [9.17, 15) is 4.79 Å². The van der Waals surface area contributed by atoms with E-state index in [1.807, 2.05) is 0 Å². The molecule has 0 spiro atoms. The fraction of sp³-hybridized carbons (Fsp3) is 0.611. The van der Waals surface area contributed by atoms with Crippen molar-refractivity contribution in [3.8, 4) is 0 Å². The summed E-state index contributed by atoms with van der Waals surface area (Å²) in [6, 6.07) is 8.75. The second kappa shape index (κ2) is 6.18. The molecule has 1 aliphatic heterocycles. The Hall–Kier alpha value is -1.35. The maximum atomic E-state index is 11.5. The lowest BCUT2D eigenvalue weighted by molar-refractivity contribution is -0.117. The second-order valence-corrected chi connectivity index (χ2v) is 6.79. The van der Waals surface area contributed by atoms with Gasteiger partial charge in [-0.2, -0.15) is 0 Å². The Morgan fingerprint density at radius 2 is 1.86 bits per heavy atom. The van der Waals surface area contributed by atoms with Gasteiger partial charge in [0, 0.05) is 43.8 Å². The predicted molar refractivity (Wildman–Crippen MR) is 86.8 cm³/mol. The molecule has 0 bridgehead atoms. The normalized spacial score (nSPS) is 22.4. The van der Waals surface area contributed by atoms with Crippen LogP contribution in [0.1, 0.15) is 31.2 Å². The number of carbonyl (C=O) groups is 1. The van der Waals surface area contributed by atoms with Gasteiger partial charge in [-0.25, -0.2) is 0 Å². The summed E-state index contributed by atoms with van der Waals surface area (Å²) in [6.45, 7) is 7.40. The minimum atomic E-state index is -0.0362. The van der Waals surface area contributed by atoms with Gasteiger partial charge < -0.3 is 9.69 Å². The average Bonchev–Trinajstić information content (AvgIpc) is 2.97. The van der Waals surface area contributed by atoms with Crippen molar-refractivity contribution in [3.63, 3.8) is 0 Å². The van der Waals surface area contributed by atoms with E-state index in [4.69, 9.17) is 0 Å². The molecule has 0 unspecified atom stereocenters. The number of aldehydes is 1.